The number of carbonyl (C=O) groups is 1. The molecule has 0 bridgehead atoms. The first kappa shape index (κ1) is 21.6. The molecule has 7 nitrogen and oxygen atoms in total. The minimum Gasteiger partial charge on any atom is -0.497 e. The Morgan fingerprint density at radius 1 is 1.18 bits per heavy atom. The Balaban J connectivity index is 1.75. The van der Waals surface area contributed by atoms with Crippen molar-refractivity contribution in [2.24, 2.45) is 5.92 Å². The van der Waals surface area contributed by atoms with E-state index in [1.54, 1.807) is 37.4 Å². The van der Waals surface area contributed by atoms with Gasteiger partial charge >= 0.3 is 0 Å². The fourth-order valence-electron chi connectivity index (χ4n) is 4.04. The molecule has 1 aliphatic rings. The second kappa shape index (κ2) is 8.28. The van der Waals surface area contributed by atoms with E-state index in [1.165, 1.54) is 16.2 Å². The van der Waals surface area contributed by atoms with Crippen molar-refractivity contribution in [3.8, 4) is 5.75 Å². The molecule has 0 N–H and O–H groups in total. The number of ether oxygens (including phenoxy) is 1. The highest BCUT2D eigenvalue weighted by atomic mass is 35.5. The van der Waals surface area contributed by atoms with Gasteiger partial charge in [0.25, 0.3) is 5.91 Å². The Morgan fingerprint density at radius 2 is 2.00 bits per heavy atom. The highest BCUT2D eigenvalue weighted by molar-refractivity contribution is 7.15. The monoisotopic (exact) mass is 481 g/mol. The number of nitrogens with zero attached hydrogens (tertiary/aromatic N) is 3. The zero-order chi connectivity index (χ0) is 23.3. The summed E-state index contributed by atoms with van der Waals surface area (Å²) in [4.78, 5) is 28.7. The molecule has 5 rings (SSSR count). The Kier molecular flexibility index (Phi) is 5.42. The average molecular weight is 482 g/mol. The summed E-state index contributed by atoms with van der Waals surface area (Å²) in [5.74, 6) is 0.575. The number of amides is 1. The van der Waals surface area contributed by atoms with Gasteiger partial charge in [0.2, 0.25) is 10.9 Å². The number of hydrogen-bond acceptors (Lipinski definition) is 7. The highest BCUT2D eigenvalue weighted by Crippen LogP contribution is 2.43. The first-order valence-electron chi connectivity index (χ1n) is 10.4. The quantitative estimate of drug-likeness (QED) is 0.386. The van der Waals surface area contributed by atoms with Crippen LogP contribution in [0.15, 0.2) is 51.7 Å². The number of halogens is 1. The SMILES string of the molecule is COc1cccc(C2c3c(oc4ccc(Cl)cc4c3=O)C(=O)N2c2nnc(CC(C)C)s2)c1. The number of hydrogen-bond donors (Lipinski definition) is 0. The summed E-state index contributed by atoms with van der Waals surface area (Å²) in [5, 5.41) is 10.5. The molecule has 1 aliphatic heterocycles. The molecule has 3 heterocycles. The van der Waals surface area contributed by atoms with Crippen LogP contribution in [0.5, 0.6) is 5.75 Å². The molecule has 0 radical (unpaired) electrons. The van der Waals surface area contributed by atoms with Gasteiger partial charge in [0.15, 0.2) is 5.43 Å². The molecule has 9 heteroatoms. The van der Waals surface area contributed by atoms with E-state index in [-0.39, 0.29) is 16.8 Å². The molecule has 0 fully saturated rings. The van der Waals surface area contributed by atoms with Crippen LogP contribution in [-0.2, 0) is 6.42 Å². The fraction of sp³-hybridized carbons (Fsp3) is 0.250. The van der Waals surface area contributed by atoms with Gasteiger partial charge in [0.05, 0.1) is 24.1 Å². The van der Waals surface area contributed by atoms with E-state index < -0.39 is 11.9 Å². The van der Waals surface area contributed by atoms with Crippen LogP contribution in [0.3, 0.4) is 0 Å². The standard InChI is InChI=1S/C24H20ClN3O4S/c1-12(2)9-18-26-27-24(33-18)28-20(13-5-4-6-15(10-13)31-3)19-21(29)16-11-14(25)7-8-17(16)32-22(19)23(28)30/h4-8,10-12,20H,9H2,1-3H3. The Labute approximate surface area is 198 Å². The molecule has 0 aliphatic carbocycles. The minimum atomic E-state index is -0.734. The Hall–Kier alpha value is -3.23. The van der Waals surface area contributed by atoms with E-state index in [1.807, 2.05) is 12.1 Å². The van der Waals surface area contributed by atoms with Crippen molar-refractivity contribution in [3.63, 3.8) is 0 Å². The molecule has 1 unspecified atom stereocenters. The number of carbonyl (C=O) groups excluding carboxylic acids is 1. The third-order valence-corrected chi connectivity index (χ3v) is 6.67. The van der Waals surface area contributed by atoms with E-state index in [0.29, 0.717) is 38.4 Å². The van der Waals surface area contributed by atoms with Gasteiger partial charge in [-0.2, -0.15) is 0 Å². The Bertz CT molecular complexity index is 1450. The number of benzene rings is 2. The van der Waals surface area contributed by atoms with Crippen LogP contribution >= 0.6 is 22.9 Å². The van der Waals surface area contributed by atoms with E-state index in [2.05, 4.69) is 24.0 Å². The maximum absolute atomic E-state index is 13.6. The molecular formula is C24H20ClN3O4S. The molecule has 4 aromatic rings. The summed E-state index contributed by atoms with van der Waals surface area (Å²) in [6.07, 6.45) is 0.746. The maximum atomic E-state index is 13.6. The molecule has 0 saturated heterocycles. The summed E-state index contributed by atoms with van der Waals surface area (Å²) in [7, 11) is 1.57. The average Bonchev–Trinajstić information content (AvgIpc) is 3.36. The van der Waals surface area contributed by atoms with E-state index in [4.69, 9.17) is 20.8 Å². The van der Waals surface area contributed by atoms with Gasteiger partial charge in [-0.1, -0.05) is 48.9 Å². The fourth-order valence-corrected chi connectivity index (χ4v) is 5.29. The van der Waals surface area contributed by atoms with E-state index in [9.17, 15) is 9.59 Å². The number of anilines is 1. The van der Waals surface area contributed by atoms with Crippen molar-refractivity contribution in [1.82, 2.24) is 10.2 Å². The first-order valence-corrected chi connectivity index (χ1v) is 11.6. The molecular weight excluding hydrogens is 462 g/mol. The smallest absolute Gasteiger partial charge is 0.297 e. The topological polar surface area (TPSA) is 85.5 Å². The van der Waals surface area contributed by atoms with Crippen LogP contribution in [0, 0.1) is 5.92 Å². The third-order valence-electron chi connectivity index (χ3n) is 5.49. The molecule has 1 amide bonds. The lowest BCUT2D eigenvalue weighted by molar-refractivity contribution is 0.0970. The zero-order valence-electron chi connectivity index (χ0n) is 18.2. The van der Waals surface area contributed by atoms with E-state index in [0.717, 1.165) is 11.4 Å². The van der Waals surface area contributed by atoms with Crippen LogP contribution in [0.1, 0.15) is 46.6 Å². The summed E-state index contributed by atoms with van der Waals surface area (Å²) in [6.45, 7) is 4.19. The summed E-state index contributed by atoms with van der Waals surface area (Å²) in [5.41, 5.74) is 0.962. The lowest BCUT2D eigenvalue weighted by atomic mass is 9.98. The predicted octanol–water partition coefficient (Wildman–Crippen LogP) is 5.25. The molecule has 2 aromatic carbocycles. The Morgan fingerprint density at radius 3 is 2.76 bits per heavy atom. The lowest BCUT2D eigenvalue weighted by Gasteiger charge is -2.22. The lowest BCUT2D eigenvalue weighted by Crippen LogP contribution is -2.29. The summed E-state index contributed by atoms with van der Waals surface area (Å²) >= 11 is 7.48. The molecule has 168 valence electrons. The predicted molar refractivity (Wildman–Crippen MR) is 128 cm³/mol. The maximum Gasteiger partial charge on any atom is 0.297 e. The molecule has 0 saturated carbocycles. The van der Waals surface area contributed by atoms with Crippen molar-refractivity contribution < 1.29 is 13.9 Å². The molecule has 33 heavy (non-hydrogen) atoms. The second-order valence-electron chi connectivity index (χ2n) is 8.25. The van der Waals surface area contributed by atoms with Gasteiger partial charge in [-0.05, 0) is 41.8 Å². The second-order valence-corrected chi connectivity index (χ2v) is 9.72. The van der Waals surface area contributed by atoms with E-state index >= 15 is 0 Å². The third kappa shape index (κ3) is 3.69. The van der Waals surface area contributed by atoms with Crippen molar-refractivity contribution >= 4 is 44.9 Å². The van der Waals surface area contributed by atoms with Gasteiger partial charge in [0, 0.05) is 11.4 Å². The van der Waals surface area contributed by atoms with Crippen molar-refractivity contribution in [2.45, 2.75) is 26.3 Å². The highest BCUT2D eigenvalue weighted by Gasteiger charge is 2.45. The largest absolute Gasteiger partial charge is 0.497 e. The minimum absolute atomic E-state index is 0.00301. The van der Waals surface area contributed by atoms with Crippen molar-refractivity contribution in [2.75, 3.05) is 12.0 Å². The summed E-state index contributed by atoms with van der Waals surface area (Å²) in [6, 6.07) is 11.3. The van der Waals surface area contributed by atoms with Gasteiger partial charge in [-0.3, -0.25) is 14.5 Å². The van der Waals surface area contributed by atoms with Gasteiger partial charge in [-0.15, -0.1) is 10.2 Å². The number of methoxy groups -OCH3 is 1. The van der Waals surface area contributed by atoms with Crippen LogP contribution in [0.4, 0.5) is 5.13 Å². The van der Waals surface area contributed by atoms with Crippen LogP contribution in [0.2, 0.25) is 5.02 Å². The molecule has 0 spiro atoms. The van der Waals surface area contributed by atoms with Crippen LogP contribution in [-0.4, -0.2) is 23.2 Å². The van der Waals surface area contributed by atoms with Gasteiger partial charge < -0.3 is 9.15 Å². The summed E-state index contributed by atoms with van der Waals surface area (Å²) < 4.78 is 11.3. The number of rotatable bonds is 5. The van der Waals surface area contributed by atoms with Gasteiger partial charge in [-0.25, -0.2) is 0 Å². The molecule has 1 atom stereocenters. The van der Waals surface area contributed by atoms with Gasteiger partial charge in [0.1, 0.15) is 16.3 Å². The zero-order valence-corrected chi connectivity index (χ0v) is 19.7. The van der Waals surface area contributed by atoms with Crippen LogP contribution < -0.4 is 15.1 Å². The van der Waals surface area contributed by atoms with Crippen molar-refractivity contribution in [1.29, 1.82) is 0 Å². The molecule has 2 aromatic heterocycles. The number of aromatic nitrogens is 2. The first-order chi connectivity index (χ1) is 15.9. The van der Waals surface area contributed by atoms with Crippen molar-refractivity contribution in [3.05, 3.63) is 79.6 Å². The van der Waals surface area contributed by atoms with Crippen LogP contribution in [0.25, 0.3) is 11.0 Å². The number of fused-ring (bicyclic) bond motifs is 2. The normalized spacial score (nSPS) is 15.5.